The summed E-state index contributed by atoms with van der Waals surface area (Å²) in [6.07, 6.45) is 9.09. The van der Waals surface area contributed by atoms with Gasteiger partial charge in [-0.25, -0.2) is 0 Å². The van der Waals surface area contributed by atoms with Gasteiger partial charge in [0.1, 0.15) is 0 Å². The number of nitrogens with zero attached hydrogens (tertiary/aromatic N) is 1. The summed E-state index contributed by atoms with van der Waals surface area (Å²) in [5, 5.41) is 3.16. The summed E-state index contributed by atoms with van der Waals surface area (Å²) in [7, 11) is 2.17. The van der Waals surface area contributed by atoms with Crippen LogP contribution in [-0.4, -0.2) is 44.0 Å². The van der Waals surface area contributed by atoms with Gasteiger partial charge in [0.05, 0.1) is 0 Å². The third kappa shape index (κ3) is 4.45. The lowest BCUT2D eigenvalue weighted by molar-refractivity contribution is -0.124. The Labute approximate surface area is 123 Å². The van der Waals surface area contributed by atoms with Crippen LogP contribution in [0.25, 0.3) is 0 Å². The maximum atomic E-state index is 12.2. The Balaban J connectivity index is 1.71. The van der Waals surface area contributed by atoms with Crippen molar-refractivity contribution < 1.29 is 4.79 Å². The van der Waals surface area contributed by atoms with Crippen molar-refractivity contribution in [3.8, 4) is 0 Å². The number of hydrogen-bond donors (Lipinski definition) is 2. The summed E-state index contributed by atoms with van der Waals surface area (Å²) in [6, 6.07) is 0. The van der Waals surface area contributed by atoms with Gasteiger partial charge < -0.3 is 16.0 Å². The highest BCUT2D eigenvalue weighted by atomic mass is 16.1. The number of nitrogens with two attached hydrogens (primary N) is 1. The Morgan fingerprint density at radius 2 is 1.90 bits per heavy atom. The second kappa shape index (κ2) is 7.41. The van der Waals surface area contributed by atoms with Gasteiger partial charge in [-0.05, 0) is 63.7 Å². The van der Waals surface area contributed by atoms with Crippen LogP contribution in [0.4, 0.5) is 0 Å². The molecule has 2 fully saturated rings. The van der Waals surface area contributed by atoms with E-state index in [1.165, 1.54) is 32.1 Å². The molecular formula is C16H31N3O. The Kier molecular flexibility index (Phi) is 5.85. The number of carbonyl (C=O) groups excluding carboxylic acids is 1. The Morgan fingerprint density at radius 1 is 1.25 bits per heavy atom. The Bertz CT molecular complexity index is 305. The standard InChI is InChI=1S/C16H31N3O/c1-19-9-5-14(6-10-19)12-18-15(20)11-16(13-17)7-3-2-4-8-16/h14H,2-13,17H2,1H3,(H,18,20). The first kappa shape index (κ1) is 15.8. The van der Waals surface area contributed by atoms with E-state index in [2.05, 4.69) is 17.3 Å². The fourth-order valence-electron chi connectivity index (χ4n) is 3.68. The van der Waals surface area contributed by atoms with Crippen molar-refractivity contribution >= 4 is 5.91 Å². The highest BCUT2D eigenvalue weighted by molar-refractivity contribution is 5.76. The number of amides is 1. The van der Waals surface area contributed by atoms with E-state index in [-0.39, 0.29) is 11.3 Å². The van der Waals surface area contributed by atoms with E-state index < -0.39 is 0 Å². The molecule has 0 aromatic heterocycles. The smallest absolute Gasteiger partial charge is 0.220 e. The van der Waals surface area contributed by atoms with Crippen molar-refractivity contribution in [3.05, 3.63) is 0 Å². The van der Waals surface area contributed by atoms with E-state index in [9.17, 15) is 4.79 Å². The van der Waals surface area contributed by atoms with Gasteiger partial charge in [0.25, 0.3) is 0 Å². The first-order valence-corrected chi connectivity index (χ1v) is 8.29. The minimum Gasteiger partial charge on any atom is -0.356 e. The highest BCUT2D eigenvalue weighted by Gasteiger charge is 2.33. The highest BCUT2D eigenvalue weighted by Crippen LogP contribution is 2.38. The SMILES string of the molecule is CN1CCC(CNC(=O)CC2(CN)CCCCC2)CC1. The Hall–Kier alpha value is -0.610. The molecule has 4 heteroatoms. The normalized spacial score (nSPS) is 24.5. The summed E-state index contributed by atoms with van der Waals surface area (Å²) in [5.41, 5.74) is 6.05. The average Bonchev–Trinajstić information content (AvgIpc) is 2.47. The number of carbonyl (C=O) groups is 1. The zero-order valence-corrected chi connectivity index (χ0v) is 13.0. The summed E-state index contributed by atoms with van der Waals surface area (Å²) in [4.78, 5) is 14.6. The van der Waals surface area contributed by atoms with E-state index in [1.54, 1.807) is 0 Å². The largest absolute Gasteiger partial charge is 0.356 e. The number of nitrogens with one attached hydrogen (secondary N) is 1. The lowest BCUT2D eigenvalue weighted by Crippen LogP contribution is -2.41. The van der Waals surface area contributed by atoms with E-state index in [0.717, 1.165) is 32.5 Å². The first-order valence-electron chi connectivity index (χ1n) is 8.29. The van der Waals surface area contributed by atoms with Crippen LogP contribution in [0.2, 0.25) is 0 Å². The molecule has 4 nitrogen and oxygen atoms in total. The minimum atomic E-state index is 0.0924. The van der Waals surface area contributed by atoms with Crippen LogP contribution in [0.3, 0.4) is 0 Å². The van der Waals surface area contributed by atoms with Crippen molar-refractivity contribution in [2.75, 3.05) is 33.2 Å². The molecule has 0 atom stereocenters. The number of likely N-dealkylation sites (tertiary alicyclic amines) is 1. The maximum Gasteiger partial charge on any atom is 0.220 e. The van der Waals surface area contributed by atoms with Crippen LogP contribution in [0.5, 0.6) is 0 Å². The van der Waals surface area contributed by atoms with Crippen LogP contribution in [0.1, 0.15) is 51.4 Å². The third-order valence-corrected chi connectivity index (χ3v) is 5.31. The van der Waals surface area contributed by atoms with Crippen LogP contribution in [-0.2, 0) is 4.79 Å². The topological polar surface area (TPSA) is 58.4 Å². The van der Waals surface area contributed by atoms with Crippen molar-refractivity contribution in [2.24, 2.45) is 17.1 Å². The monoisotopic (exact) mass is 281 g/mol. The molecule has 1 aliphatic carbocycles. The van der Waals surface area contributed by atoms with Gasteiger partial charge in [-0.15, -0.1) is 0 Å². The first-order chi connectivity index (χ1) is 9.63. The zero-order valence-electron chi connectivity index (χ0n) is 13.0. The van der Waals surface area contributed by atoms with E-state index in [4.69, 9.17) is 5.73 Å². The van der Waals surface area contributed by atoms with Crippen LogP contribution >= 0.6 is 0 Å². The summed E-state index contributed by atoms with van der Waals surface area (Å²) >= 11 is 0. The molecule has 20 heavy (non-hydrogen) atoms. The van der Waals surface area contributed by atoms with Crippen LogP contribution in [0, 0.1) is 11.3 Å². The van der Waals surface area contributed by atoms with E-state index in [0.29, 0.717) is 18.9 Å². The van der Waals surface area contributed by atoms with Crippen LogP contribution in [0.15, 0.2) is 0 Å². The molecule has 1 saturated heterocycles. The van der Waals surface area contributed by atoms with Crippen molar-refractivity contribution in [2.45, 2.75) is 51.4 Å². The van der Waals surface area contributed by atoms with Gasteiger partial charge in [-0.3, -0.25) is 4.79 Å². The molecule has 0 unspecified atom stereocenters. The molecular weight excluding hydrogens is 250 g/mol. The summed E-state index contributed by atoms with van der Waals surface area (Å²) < 4.78 is 0. The van der Waals surface area contributed by atoms with Crippen molar-refractivity contribution in [1.29, 1.82) is 0 Å². The summed E-state index contributed by atoms with van der Waals surface area (Å²) in [5.74, 6) is 0.881. The number of rotatable bonds is 5. The van der Waals surface area contributed by atoms with Crippen molar-refractivity contribution in [1.82, 2.24) is 10.2 Å². The number of piperidine rings is 1. The lowest BCUT2D eigenvalue weighted by atomic mass is 9.71. The predicted octanol–water partition coefficient (Wildman–Crippen LogP) is 1.74. The van der Waals surface area contributed by atoms with Crippen LogP contribution < -0.4 is 11.1 Å². The average molecular weight is 281 g/mol. The molecule has 116 valence electrons. The molecule has 0 bridgehead atoms. The molecule has 1 aliphatic heterocycles. The lowest BCUT2D eigenvalue weighted by Gasteiger charge is -2.36. The Morgan fingerprint density at radius 3 is 2.50 bits per heavy atom. The van der Waals surface area contributed by atoms with Crippen molar-refractivity contribution in [3.63, 3.8) is 0 Å². The predicted molar refractivity (Wildman–Crippen MR) is 82.4 cm³/mol. The molecule has 0 spiro atoms. The van der Waals surface area contributed by atoms with Gasteiger partial charge in [-0.1, -0.05) is 19.3 Å². The summed E-state index contributed by atoms with van der Waals surface area (Å²) in [6.45, 7) is 3.84. The number of hydrogen-bond acceptors (Lipinski definition) is 3. The molecule has 3 N–H and O–H groups in total. The molecule has 0 radical (unpaired) electrons. The second-order valence-electron chi connectivity index (χ2n) is 6.99. The molecule has 2 aliphatic rings. The van der Waals surface area contributed by atoms with Gasteiger partial charge >= 0.3 is 0 Å². The molecule has 0 aromatic rings. The van der Waals surface area contributed by atoms with Gasteiger partial charge in [0.2, 0.25) is 5.91 Å². The molecule has 1 amide bonds. The second-order valence-corrected chi connectivity index (χ2v) is 6.99. The fourth-order valence-corrected chi connectivity index (χ4v) is 3.68. The van der Waals surface area contributed by atoms with Gasteiger partial charge in [0.15, 0.2) is 0 Å². The zero-order chi connectivity index (χ0) is 14.4. The quantitative estimate of drug-likeness (QED) is 0.807. The maximum absolute atomic E-state index is 12.2. The van der Waals surface area contributed by atoms with E-state index in [1.807, 2.05) is 0 Å². The third-order valence-electron chi connectivity index (χ3n) is 5.31. The van der Waals surface area contributed by atoms with Gasteiger partial charge in [-0.2, -0.15) is 0 Å². The van der Waals surface area contributed by atoms with Gasteiger partial charge in [0, 0.05) is 13.0 Å². The minimum absolute atomic E-state index is 0.0924. The van der Waals surface area contributed by atoms with E-state index >= 15 is 0 Å². The molecule has 0 aromatic carbocycles. The molecule has 2 rings (SSSR count). The molecule has 1 heterocycles. The fraction of sp³-hybridized carbons (Fsp3) is 0.938. The molecule has 1 saturated carbocycles.